The monoisotopic (exact) mass is 319 g/mol. The SMILES string of the molecule is CN(C(=O)C1COc2ccccc2O1)C1(C(=O)O)CCCCC1. The molecule has 0 saturated heterocycles. The van der Waals surface area contributed by atoms with Crippen molar-refractivity contribution in [3.05, 3.63) is 24.3 Å². The molecular weight excluding hydrogens is 298 g/mol. The number of benzene rings is 1. The number of aliphatic carboxylic acids is 1. The van der Waals surface area contributed by atoms with Gasteiger partial charge in [0.2, 0.25) is 6.10 Å². The molecule has 0 aromatic heterocycles. The number of carbonyl (C=O) groups excluding carboxylic acids is 1. The largest absolute Gasteiger partial charge is 0.485 e. The molecule has 0 radical (unpaired) electrons. The maximum absolute atomic E-state index is 12.8. The van der Waals surface area contributed by atoms with E-state index < -0.39 is 17.6 Å². The van der Waals surface area contributed by atoms with Crippen LogP contribution in [0.25, 0.3) is 0 Å². The summed E-state index contributed by atoms with van der Waals surface area (Å²) in [5.41, 5.74) is -1.13. The van der Waals surface area contributed by atoms with Crippen LogP contribution in [0.5, 0.6) is 11.5 Å². The molecule has 1 fully saturated rings. The van der Waals surface area contributed by atoms with Crippen molar-refractivity contribution in [2.75, 3.05) is 13.7 Å². The quantitative estimate of drug-likeness (QED) is 0.923. The van der Waals surface area contributed by atoms with Gasteiger partial charge in [-0.05, 0) is 25.0 Å². The van der Waals surface area contributed by atoms with Gasteiger partial charge in [-0.1, -0.05) is 31.4 Å². The lowest BCUT2D eigenvalue weighted by Gasteiger charge is -2.42. The minimum atomic E-state index is -1.13. The van der Waals surface area contributed by atoms with Crippen LogP contribution in [0.15, 0.2) is 24.3 Å². The van der Waals surface area contributed by atoms with E-state index in [9.17, 15) is 14.7 Å². The molecule has 3 rings (SSSR count). The Bertz CT molecular complexity index is 609. The van der Waals surface area contributed by atoms with Crippen molar-refractivity contribution in [3.8, 4) is 11.5 Å². The molecule has 6 nitrogen and oxygen atoms in total. The van der Waals surface area contributed by atoms with Gasteiger partial charge in [0.15, 0.2) is 11.5 Å². The van der Waals surface area contributed by atoms with Gasteiger partial charge >= 0.3 is 5.97 Å². The fourth-order valence-corrected chi connectivity index (χ4v) is 3.40. The van der Waals surface area contributed by atoms with Gasteiger partial charge in [0.05, 0.1) is 0 Å². The van der Waals surface area contributed by atoms with Gasteiger partial charge in [-0.3, -0.25) is 4.79 Å². The number of para-hydroxylation sites is 2. The Kier molecular flexibility index (Phi) is 4.15. The molecule has 0 bridgehead atoms. The van der Waals surface area contributed by atoms with Crippen molar-refractivity contribution in [3.63, 3.8) is 0 Å². The molecule has 6 heteroatoms. The van der Waals surface area contributed by atoms with E-state index in [0.717, 1.165) is 19.3 Å². The standard InChI is InChI=1S/C17H21NO5/c1-18(17(16(20)21)9-5-2-6-10-17)15(19)14-11-22-12-7-3-4-8-13(12)23-14/h3-4,7-8,14H,2,5-6,9-11H2,1H3,(H,20,21). The van der Waals surface area contributed by atoms with Gasteiger partial charge in [0.25, 0.3) is 5.91 Å². The second kappa shape index (κ2) is 6.10. The van der Waals surface area contributed by atoms with Crippen LogP contribution in [0.2, 0.25) is 0 Å². The molecule has 1 N–H and O–H groups in total. The van der Waals surface area contributed by atoms with Gasteiger partial charge in [0.1, 0.15) is 12.1 Å². The molecule has 0 spiro atoms. The van der Waals surface area contributed by atoms with E-state index in [1.54, 1.807) is 25.2 Å². The van der Waals surface area contributed by atoms with E-state index >= 15 is 0 Å². The van der Waals surface area contributed by atoms with Crippen molar-refractivity contribution in [1.82, 2.24) is 4.90 Å². The number of rotatable bonds is 3. The molecule has 1 unspecified atom stereocenters. The first kappa shape index (κ1) is 15.6. The molecule has 124 valence electrons. The highest BCUT2D eigenvalue weighted by Crippen LogP contribution is 2.35. The third-order valence-electron chi connectivity index (χ3n) is 4.84. The van der Waals surface area contributed by atoms with Crippen molar-refractivity contribution < 1.29 is 24.2 Å². The Morgan fingerprint density at radius 1 is 1.17 bits per heavy atom. The Morgan fingerprint density at radius 2 is 1.83 bits per heavy atom. The van der Waals surface area contributed by atoms with E-state index in [4.69, 9.17) is 9.47 Å². The summed E-state index contributed by atoms with van der Waals surface area (Å²) >= 11 is 0. The van der Waals surface area contributed by atoms with Crippen molar-refractivity contribution in [1.29, 1.82) is 0 Å². The van der Waals surface area contributed by atoms with Gasteiger partial charge in [0, 0.05) is 7.05 Å². The normalized spacial score (nSPS) is 22.2. The van der Waals surface area contributed by atoms with E-state index in [1.165, 1.54) is 4.90 Å². The lowest BCUT2D eigenvalue weighted by molar-refractivity contribution is -0.164. The van der Waals surface area contributed by atoms with Crippen LogP contribution in [0.4, 0.5) is 0 Å². The van der Waals surface area contributed by atoms with E-state index in [1.807, 2.05) is 6.07 Å². The molecule has 1 aliphatic carbocycles. The number of amides is 1. The van der Waals surface area contributed by atoms with Crippen LogP contribution in [-0.4, -0.2) is 47.2 Å². The van der Waals surface area contributed by atoms with Crippen LogP contribution < -0.4 is 9.47 Å². The number of hydrogen-bond acceptors (Lipinski definition) is 4. The first-order valence-corrected chi connectivity index (χ1v) is 7.94. The summed E-state index contributed by atoms with van der Waals surface area (Å²) in [6.45, 7) is 0.0931. The van der Waals surface area contributed by atoms with Crippen LogP contribution in [0.1, 0.15) is 32.1 Å². The molecular formula is C17H21NO5. The average molecular weight is 319 g/mol. The summed E-state index contributed by atoms with van der Waals surface area (Å²) < 4.78 is 11.3. The fraction of sp³-hybridized carbons (Fsp3) is 0.529. The maximum atomic E-state index is 12.8. The zero-order valence-electron chi connectivity index (χ0n) is 13.2. The van der Waals surface area contributed by atoms with Crippen molar-refractivity contribution >= 4 is 11.9 Å². The van der Waals surface area contributed by atoms with Gasteiger partial charge in [-0.15, -0.1) is 0 Å². The highest BCUT2D eigenvalue weighted by Gasteiger charge is 2.47. The van der Waals surface area contributed by atoms with Gasteiger partial charge < -0.3 is 19.5 Å². The molecule has 23 heavy (non-hydrogen) atoms. The number of ether oxygens (including phenoxy) is 2. The van der Waals surface area contributed by atoms with Crippen LogP contribution in [-0.2, 0) is 9.59 Å². The van der Waals surface area contributed by atoms with Crippen LogP contribution in [0.3, 0.4) is 0 Å². The summed E-state index contributed by atoms with van der Waals surface area (Å²) in [6.07, 6.45) is 2.79. The lowest BCUT2D eigenvalue weighted by Crippen LogP contribution is -2.60. The molecule has 1 heterocycles. The fourth-order valence-electron chi connectivity index (χ4n) is 3.40. The molecule has 1 aliphatic heterocycles. The van der Waals surface area contributed by atoms with Gasteiger partial charge in [-0.2, -0.15) is 0 Å². The minimum Gasteiger partial charge on any atom is -0.485 e. The van der Waals surface area contributed by atoms with Crippen LogP contribution in [0, 0.1) is 0 Å². The highest BCUT2D eigenvalue weighted by atomic mass is 16.6. The average Bonchev–Trinajstić information content (AvgIpc) is 2.60. The smallest absolute Gasteiger partial charge is 0.329 e. The number of fused-ring (bicyclic) bond motifs is 1. The number of likely N-dealkylation sites (N-methyl/N-ethyl adjacent to an activating group) is 1. The predicted octanol–water partition coefficient (Wildman–Crippen LogP) is 2.07. The second-order valence-corrected chi connectivity index (χ2v) is 6.16. The molecule has 1 aromatic carbocycles. The number of carboxylic acid groups (broad SMARTS) is 1. The molecule has 1 aromatic rings. The number of carbonyl (C=O) groups is 2. The lowest BCUT2D eigenvalue weighted by atomic mass is 9.80. The number of carboxylic acids is 1. The molecule has 2 aliphatic rings. The van der Waals surface area contributed by atoms with Crippen molar-refractivity contribution in [2.24, 2.45) is 0 Å². The second-order valence-electron chi connectivity index (χ2n) is 6.16. The first-order valence-electron chi connectivity index (χ1n) is 7.94. The maximum Gasteiger partial charge on any atom is 0.329 e. The third kappa shape index (κ3) is 2.73. The molecule has 1 atom stereocenters. The predicted molar refractivity (Wildman–Crippen MR) is 82.6 cm³/mol. The van der Waals surface area contributed by atoms with E-state index in [-0.39, 0.29) is 12.5 Å². The van der Waals surface area contributed by atoms with Crippen LogP contribution >= 0.6 is 0 Å². The topological polar surface area (TPSA) is 76.1 Å². The summed E-state index contributed by atoms with van der Waals surface area (Å²) in [4.78, 5) is 26.0. The summed E-state index contributed by atoms with van der Waals surface area (Å²) in [5, 5.41) is 9.70. The zero-order chi connectivity index (χ0) is 16.4. The van der Waals surface area contributed by atoms with E-state index in [0.29, 0.717) is 24.3 Å². The Hall–Kier alpha value is -2.24. The van der Waals surface area contributed by atoms with Crippen molar-refractivity contribution in [2.45, 2.75) is 43.7 Å². The molecule has 1 saturated carbocycles. The number of hydrogen-bond donors (Lipinski definition) is 1. The van der Waals surface area contributed by atoms with Gasteiger partial charge in [-0.25, -0.2) is 4.79 Å². The Morgan fingerprint density at radius 3 is 2.48 bits per heavy atom. The third-order valence-corrected chi connectivity index (χ3v) is 4.84. The Labute approximate surface area is 135 Å². The molecule has 1 amide bonds. The summed E-state index contributed by atoms with van der Waals surface area (Å²) in [7, 11) is 1.56. The highest BCUT2D eigenvalue weighted by molar-refractivity contribution is 5.89. The zero-order valence-corrected chi connectivity index (χ0v) is 13.2. The Balaban J connectivity index is 1.78. The van der Waals surface area contributed by atoms with E-state index in [2.05, 4.69) is 0 Å². The number of nitrogens with zero attached hydrogens (tertiary/aromatic N) is 1. The summed E-state index contributed by atoms with van der Waals surface area (Å²) in [5.74, 6) is -0.169. The first-order chi connectivity index (χ1) is 11.0. The minimum absolute atomic E-state index is 0.0931. The summed E-state index contributed by atoms with van der Waals surface area (Å²) in [6, 6.07) is 7.15.